The zero-order valence-electron chi connectivity index (χ0n) is 14.0. The first-order chi connectivity index (χ1) is 11.7. The minimum atomic E-state index is -0.0957. The molecule has 1 fully saturated rings. The van der Waals surface area contributed by atoms with Gasteiger partial charge in [-0.25, -0.2) is 9.97 Å². The van der Waals surface area contributed by atoms with Gasteiger partial charge in [-0.1, -0.05) is 13.0 Å². The van der Waals surface area contributed by atoms with Crippen LogP contribution in [0.2, 0.25) is 0 Å². The summed E-state index contributed by atoms with van der Waals surface area (Å²) in [6.07, 6.45) is 3.43. The van der Waals surface area contributed by atoms with Gasteiger partial charge in [-0.15, -0.1) is 0 Å². The predicted octanol–water partition coefficient (Wildman–Crippen LogP) is 2.59. The number of ether oxygens (including phenoxy) is 1. The van der Waals surface area contributed by atoms with E-state index >= 15 is 0 Å². The van der Waals surface area contributed by atoms with E-state index in [0.29, 0.717) is 24.7 Å². The van der Waals surface area contributed by atoms with E-state index in [1.807, 2.05) is 31.2 Å². The van der Waals surface area contributed by atoms with Crippen molar-refractivity contribution in [2.75, 3.05) is 29.9 Å². The second-order valence-electron chi connectivity index (χ2n) is 5.96. The predicted molar refractivity (Wildman–Crippen MR) is 93.1 cm³/mol. The fourth-order valence-electron chi connectivity index (χ4n) is 3.00. The average Bonchev–Trinajstić information content (AvgIpc) is 3.00. The number of nitrogens with one attached hydrogen (secondary N) is 1. The number of amides is 1. The van der Waals surface area contributed by atoms with Crippen molar-refractivity contribution in [3.63, 3.8) is 0 Å². The van der Waals surface area contributed by atoms with Gasteiger partial charge in [0.2, 0.25) is 11.8 Å². The molecule has 0 unspecified atom stereocenters. The van der Waals surface area contributed by atoms with Crippen LogP contribution >= 0.6 is 0 Å². The minimum Gasteiger partial charge on any atom is -0.476 e. The number of hydrogen-bond acceptors (Lipinski definition) is 5. The van der Waals surface area contributed by atoms with Crippen molar-refractivity contribution in [2.45, 2.75) is 13.8 Å². The lowest BCUT2D eigenvalue weighted by molar-refractivity contribution is -0.120. The summed E-state index contributed by atoms with van der Waals surface area (Å²) in [5.41, 5.74) is 0.618. The maximum atomic E-state index is 12.7. The number of hydrogen-bond donors (Lipinski definition) is 1. The van der Waals surface area contributed by atoms with Crippen LogP contribution in [0.4, 0.5) is 11.5 Å². The van der Waals surface area contributed by atoms with Crippen LogP contribution in [0.15, 0.2) is 42.7 Å². The van der Waals surface area contributed by atoms with E-state index in [-0.39, 0.29) is 17.7 Å². The monoisotopic (exact) mass is 326 g/mol. The van der Waals surface area contributed by atoms with Crippen LogP contribution in [-0.2, 0) is 4.79 Å². The molecule has 1 aliphatic rings. The summed E-state index contributed by atoms with van der Waals surface area (Å²) >= 11 is 0. The summed E-state index contributed by atoms with van der Waals surface area (Å²) in [6, 6.07) is 9.43. The lowest BCUT2D eigenvalue weighted by Gasteiger charge is -2.17. The highest BCUT2D eigenvalue weighted by atomic mass is 16.5. The molecule has 1 N–H and O–H groups in total. The van der Waals surface area contributed by atoms with Gasteiger partial charge in [-0.2, -0.15) is 0 Å². The zero-order chi connectivity index (χ0) is 16.9. The number of anilines is 2. The van der Waals surface area contributed by atoms with Crippen LogP contribution in [0.3, 0.4) is 0 Å². The molecule has 0 aromatic carbocycles. The Morgan fingerprint density at radius 1 is 1.25 bits per heavy atom. The van der Waals surface area contributed by atoms with Gasteiger partial charge in [0.05, 0.1) is 12.5 Å². The molecule has 2 aromatic heterocycles. The largest absolute Gasteiger partial charge is 0.476 e. The number of rotatable bonds is 5. The number of aromatic nitrogens is 2. The molecule has 24 heavy (non-hydrogen) atoms. The van der Waals surface area contributed by atoms with Crippen molar-refractivity contribution >= 4 is 17.4 Å². The van der Waals surface area contributed by atoms with Gasteiger partial charge in [0.1, 0.15) is 11.5 Å². The standard InChI is InChI=1S/C18H22N4O2/c1-3-24-18-15(7-6-10-20-18)21-17(23)14-12-22(11-13(14)2)16-8-4-5-9-19-16/h4-10,13-14H,3,11-12H2,1-2H3,(H,21,23)/t13-,14-/m1/s1. The molecule has 2 atom stereocenters. The second-order valence-corrected chi connectivity index (χ2v) is 5.96. The summed E-state index contributed by atoms with van der Waals surface area (Å²) in [5, 5.41) is 2.97. The van der Waals surface area contributed by atoms with Crippen molar-refractivity contribution in [2.24, 2.45) is 11.8 Å². The number of nitrogens with zero attached hydrogens (tertiary/aromatic N) is 3. The topological polar surface area (TPSA) is 67.3 Å². The van der Waals surface area contributed by atoms with Gasteiger partial charge < -0.3 is 15.0 Å². The van der Waals surface area contributed by atoms with Crippen LogP contribution in [0.1, 0.15) is 13.8 Å². The molecular formula is C18H22N4O2. The Kier molecular flexibility index (Phi) is 4.93. The van der Waals surface area contributed by atoms with Crippen molar-refractivity contribution < 1.29 is 9.53 Å². The fraction of sp³-hybridized carbons (Fsp3) is 0.389. The molecule has 3 rings (SSSR count). The highest BCUT2D eigenvalue weighted by molar-refractivity contribution is 5.94. The van der Waals surface area contributed by atoms with Gasteiger partial charge >= 0.3 is 0 Å². The Morgan fingerprint density at radius 3 is 2.83 bits per heavy atom. The molecule has 0 aliphatic carbocycles. The Morgan fingerprint density at radius 2 is 2.08 bits per heavy atom. The van der Waals surface area contributed by atoms with Gasteiger partial charge in [-0.3, -0.25) is 4.79 Å². The maximum Gasteiger partial charge on any atom is 0.237 e. The smallest absolute Gasteiger partial charge is 0.237 e. The summed E-state index contributed by atoms with van der Waals surface area (Å²) < 4.78 is 5.47. The SMILES string of the molecule is CCOc1ncccc1NC(=O)[C@@H]1CN(c2ccccn2)C[C@H]1C. The van der Waals surface area contributed by atoms with Crippen LogP contribution in [0.5, 0.6) is 5.88 Å². The molecule has 1 aliphatic heterocycles. The molecular weight excluding hydrogens is 304 g/mol. The first-order valence-corrected chi connectivity index (χ1v) is 8.23. The van der Waals surface area contributed by atoms with E-state index in [4.69, 9.17) is 4.74 Å². The molecule has 3 heterocycles. The summed E-state index contributed by atoms with van der Waals surface area (Å²) in [5.74, 6) is 1.52. The van der Waals surface area contributed by atoms with E-state index in [0.717, 1.165) is 12.4 Å². The van der Waals surface area contributed by atoms with E-state index in [2.05, 4.69) is 27.1 Å². The Hall–Kier alpha value is -2.63. The van der Waals surface area contributed by atoms with E-state index in [1.54, 1.807) is 18.5 Å². The third kappa shape index (κ3) is 3.48. The van der Waals surface area contributed by atoms with Gasteiger partial charge in [-0.05, 0) is 37.1 Å². The van der Waals surface area contributed by atoms with E-state index < -0.39 is 0 Å². The quantitative estimate of drug-likeness (QED) is 0.915. The molecule has 6 heteroatoms. The molecule has 0 radical (unpaired) electrons. The van der Waals surface area contributed by atoms with Crippen molar-refractivity contribution in [1.82, 2.24) is 9.97 Å². The molecule has 1 amide bonds. The Bertz CT molecular complexity index is 692. The molecule has 2 aromatic rings. The molecule has 6 nitrogen and oxygen atoms in total. The number of carbonyl (C=O) groups excluding carboxylic acids is 1. The number of carbonyl (C=O) groups is 1. The highest BCUT2D eigenvalue weighted by Crippen LogP contribution is 2.29. The molecule has 126 valence electrons. The fourth-order valence-corrected chi connectivity index (χ4v) is 3.00. The van der Waals surface area contributed by atoms with Gasteiger partial charge in [0.15, 0.2) is 0 Å². The third-order valence-electron chi connectivity index (χ3n) is 4.23. The lowest BCUT2D eigenvalue weighted by atomic mass is 9.97. The van der Waals surface area contributed by atoms with Crippen LogP contribution in [-0.4, -0.2) is 35.6 Å². The first kappa shape index (κ1) is 16.2. The highest BCUT2D eigenvalue weighted by Gasteiger charge is 2.35. The summed E-state index contributed by atoms with van der Waals surface area (Å²) in [4.78, 5) is 23.4. The van der Waals surface area contributed by atoms with Crippen molar-refractivity contribution in [1.29, 1.82) is 0 Å². The summed E-state index contributed by atoms with van der Waals surface area (Å²) in [6.45, 7) is 5.98. The molecule has 1 saturated heterocycles. The zero-order valence-corrected chi connectivity index (χ0v) is 14.0. The maximum absolute atomic E-state index is 12.7. The molecule has 0 saturated carbocycles. The van der Waals surface area contributed by atoms with E-state index in [9.17, 15) is 4.79 Å². The van der Waals surface area contributed by atoms with Gasteiger partial charge in [0.25, 0.3) is 0 Å². The van der Waals surface area contributed by atoms with Crippen LogP contribution < -0.4 is 15.0 Å². The van der Waals surface area contributed by atoms with Crippen LogP contribution in [0, 0.1) is 11.8 Å². The van der Waals surface area contributed by atoms with Gasteiger partial charge in [0, 0.05) is 25.5 Å². The van der Waals surface area contributed by atoms with E-state index in [1.165, 1.54) is 0 Å². The third-order valence-corrected chi connectivity index (χ3v) is 4.23. The molecule has 0 spiro atoms. The number of pyridine rings is 2. The Balaban J connectivity index is 1.69. The second kappa shape index (κ2) is 7.29. The average molecular weight is 326 g/mol. The Labute approximate surface area is 141 Å². The van der Waals surface area contributed by atoms with Crippen molar-refractivity contribution in [3.8, 4) is 5.88 Å². The first-order valence-electron chi connectivity index (χ1n) is 8.23. The lowest BCUT2D eigenvalue weighted by Crippen LogP contribution is -2.29. The molecule has 0 bridgehead atoms. The van der Waals surface area contributed by atoms with Crippen molar-refractivity contribution in [3.05, 3.63) is 42.7 Å². The minimum absolute atomic E-state index is 0.00474. The summed E-state index contributed by atoms with van der Waals surface area (Å²) in [7, 11) is 0. The normalized spacial score (nSPS) is 20.0. The van der Waals surface area contributed by atoms with Crippen LogP contribution in [0.25, 0.3) is 0 Å².